The first kappa shape index (κ1) is 10.7. The van der Waals surface area contributed by atoms with Gasteiger partial charge >= 0.3 is 0 Å². The van der Waals surface area contributed by atoms with Gasteiger partial charge in [0.05, 0.1) is 11.6 Å². The first-order chi connectivity index (χ1) is 7.70. The molecular weight excluding hydrogens is 202 g/mol. The lowest BCUT2D eigenvalue weighted by atomic mass is 10.1. The van der Waals surface area contributed by atoms with Crippen molar-refractivity contribution in [1.82, 2.24) is 4.90 Å². The van der Waals surface area contributed by atoms with Crippen LogP contribution in [0.15, 0.2) is 24.3 Å². The maximum Gasteiger partial charge on any atom is 0.253 e. The van der Waals surface area contributed by atoms with Crippen LogP contribution in [0.2, 0.25) is 0 Å². The Kier molecular flexibility index (Phi) is 2.88. The Morgan fingerprint density at radius 3 is 3.00 bits per heavy atom. The van der Waals surface area contributed by atoms with Crippen molar-refractivity contribution in [2.75, 3.05) is 13.1 Å². The molecule has 1 aliphatic rings. The summed E-state index contributed by atoms with van der Waals surface area (Å²) in [5.41, 5.74) is 6.82. The molecule has 0 unspecified atom stereocenters. The van der Waals surface area contributed by atoms with Gasteiger partial charge in [-0.3, -0.25) is 4.79 Å². The predicted octanol–water partition coefficient (Wildman–Crippen LogP) is 0.731. The maximum absolute atomic E-state index is 12.0. The van der Waals surface area contributed by atoms with Gasteiger partial charge in [0.2, 0.25) is 0 Å². The minimum Gasteiger partial charge on any atom is -0.337 e. The van der Waals surface area contributed by atoms with E-state index in [1.165, 1.54) is 0 Å². The Hall–Kier alpha value is -1.86. The Morgan fingerprint density at radius 1 is 1.56 bits per heavy atom. The summed E-state index contributed by atoms with van der Waals surface area (Å²) in [5, 5.41) is 8.76. The summed E-state index contributed by atoms with van der Waals surface area (Å²) in [7, 11) is 0. The second-order valence-electron chi connectivity index (χ2n) is 3.99. The van der Waals surface area contributed by atoms with Gasteiger partial charge in [-0.15, -0.1) is 0 Å². The highest BCUT2D eigenvalue weighted by molar-refractivity contribution is 5.94. The molecule has 1 saturated heterocycles. The van der Waals surface area contributed by atoms with E-state index >= 15 is 0 Å². The number of nitrogens with zero attached hydrogens (tertiary/aromatic N) is 2. The molecule has 0 aromatic heterocycles. The van der Waals surface area contributed by atoms with Gasteiger partial charge in [0.1, 0.15) is 0 Å². The second-order valence-corrected chi connectivity index (χ2v) is 3.99. The van der Waals surface area contributed by atoms with E-state index in [2.05, 4.69) is 0 Å². The molecule has 0 spiro atoms. The number of hydrogen-bond donors (Lipinski definition) is 1. The number of amides is 1. The smallest absolute Gasteiger partial charge is 0.253 e. The highest BCUT2D eigenvalue weighted by atomic mass is 16.2. The van der Waals surface area contributed by atoms with E-state index in [0.29, 0.717) is 24.2 Å². The number of rotatable bonds is 1. The van der Waals surface area contributed by atoms with Crippen LogP contribution >= 0.6 is 0 Å². The van der Waals surface area contributed by atoms with E-state index in [4.69, 9.17) is 11.0 Å². The van der Waals surface area contributed by atoms with Gasteiger partial charge in [0, 0.05) is 24.7 Å². The molecule has 1 atom stereocenters. The molecule has 4 nitrogen and oxygen atoms in total. The van der Waals surface area contributed by atoms with Crippen LogP contribution in [0.5, 0.6) is 0 Å². The molecule has 0 saturated carbocycles. The molecule has 2 N–H and O–H groups in total. The first-order valence-corrected chi connectivity index (χ1v) is 5.25. The van der Waals surface area contributed by atoms with Crippen LogP contribution in [0.25, 0.3) is 0 Å². The van der Waals surface area contributed by atoms with E-state index in [-0.39, 0.29) is 11.9 Å². The third kappa shape index (κ3) is 2.05. The minimum atomic E-state index is -0.0370. The van der Waals surface area contributed by atoms with Crippen molar-refractivity contribution in [2.45, 2.75) is 12.5 Å². The Morgan fingerprint density at radius 2 is 2.38 bits per heavy atom. The van der Waals surface area contributed by atoms with E-state index in [1.54, 1.807) is 29.2 Å². The summed E-state index contributed by atoms with van der Waals surface area (Å²) in [6.07, 6.45) is 0.851. The molecule has 1 amide bonds. The summed E-state index contributed by atoms with van der Waals surface area (Å²) in [6.45, 7) is 1.31. The predicted molar refractivity (Wildman–Crippen MR) is 59.7 cm³/mol. The lowest BCUT2D eigenvalue weighted by Gasteiger charge is -2.15. The zero-order valence-electron chi connectivity index (χ0n) is 8.89. The Labute approximate surface area is 94.3 Å². The summed E-state index contributed by atoms with van der Waals surface area (Å²) >= 11 is 0. The molecule has 1 aromatic carbocycles. The molecule has 1 heterocycles. The minimum absolute atomic E-state index is 0.0370. The molecule has 0 bridgehead atoms. The number of likely N-dealkylation sites (tertiary alicyclic amines) is 1. The summed E-state index contributed by atoms with van der Waals surface area (Å²) in [4.78, 5) is 13.8. The fraction of sp³-hybridized carbons (Fsp3) is 0.333. The number of nitriles is 1. The van der Waals surface area contributed by atoms with Crippen LogP contribution in [0, 0.1) is 11.3 Å². The van der Waals surface area contributed by atoms with Gasteiger partial charge in [-0.1, -0.05) is 6.07 Å². The van der Waals surface area contributed by atoms with E-state index in [0.717, 1.165) is 6.42 Å². The number of benzene rings is 1. The van der Waals surface area contributed by atoms with Crippen molar-refractivity contribution in [3.05, 3.63) is 35.4 Å². The van der Waals surface area contributed by atoms with Crippen molar-refractivity contribution < 1.29 is 4.79 Å². The molecule has 1 aliphatic heterocycles. The molecule has 0 radical (unpaired) electrons. The van der Waals surface area contributed by atoms with Gasteiger partial charge in [-0.2, -0.15) is 5.26 Å². The van der Waals surface area contributed by atoms with Gasteiger partial charge in [-0.05, 0) is 24.6 Å². The lowest BCUT2D eigenvalue weighted by Crippen LogP contribution is -2.31. The standard InChI is InChI=1S/C12H13N3O/c13-7-9-2-1-3-10(6-9)12(16)15-5-4-11(14)8-15/h1-3,6,11H,4-5,8,14H2/t11-/m0/s1. The van der Waals surface area contributed by atoms with Crippen LogP contribution in [-0.4, -0.2) is 29.9 Å². The van der Waals surface area contributed by atoms with Gasteiger partial charge in [0.25, 0.3) is 5.91 Å². The maximum atomic E-state index is 12.0. The van der Waals surface area contributed by atoms with Crippen LogP contribution in [0.3, 0.4) is 0 Å². The molecule has 16 heavy (non-hydrogen) atoms. The highest BCUT2D eigenvalue weighted by Gasteiger charge is 2.24. The average molecular weight is 215 g/mol. The zero-order chi connectivity index (χ0) is 11.5. The van der Waals surface area contributed by atoms with E-state index < -0.39 is 0 Å². The average Bonchev–Trinajstić information content (AvgIpc) is 2.75. The van der Waals surface area contributed by atoms with Crippen LogP contribution in [0.4, 0.5) is 0 Å². The quantitative estimate of drug-likeness (QED) is 0.750. The van der Waals surface area contributed by atoms with Crippen LogP contribution in [0.1, 0.15) is 22.3 Å². The van der Waals surface area contributed by atoms with E-state index in [1.807, 2.05) is 6.07 Å². The summed E-state index contributed by atoms with van der Waals surface area (Å²) < 4.78 is 0. The molecule has 82 valence electrons. The van der Waals surface area contributed by atoms with Gasteiger partial charge < -0.3 is 10.6 Å². The number of hydrogen-bond acceptors (Lipinski definition) is 3. The van der Waals surface area contributed by atoms with Crippen molar-refractivity contribution in [2.24, 2.45) is 5.73 Å². The van der Waals surface area contributed by atoms with Crippen molar-refractivity contribution >= 4 is 5.91 Å². The molecule has 1 aromatic rings. The topological polar surface area (TPSA) is 70.1 Å². The SMILES string of the molecule is N#Cc1cccc(C(=O)N2CC[C@H](N)C2)c1. The van der Waals surface area contributed by atoms with Crippen LogP contribution in [-0.2, 0) is 0 Å². The summed E-state index contributed by atoms with van der Waals surface area (Å²) in [6, 6.07) is 8.87. The first-order valence-electron chi connectivity index (χ1n) is 5.25. The lowest BCUT2D eigenvalue weighted by molar-refractivity contribution is 0.0791. The number of carbonyl (C=O) groups is 1. The largest absolute Gasteiger partial charge is 0.337 e. The third-order valence-electron chi connectivity index (χ3n) is 2.75. The molecule has 0 aliphatic carbocycles. The van der Waals surface area contributed by atoms with Gasteiger partial charge in [0.15, 0.2) is 0 Å². The fourth-order valence-electron chi connectivity index (χ4n) is 1.88. The van der Waals surface area contributed by atoms with Crippen molar-refractivity contribution in [3.63, 3.8) is 0 Å². The fourth-order valence-corrected chi connectivity index (χ4v) is 1.88. The molecule has 1 fully saturated rings. The number of nitrogens with two attached hydrogens (primary N) is 1. The normalized spacial score (nSPS) is 19.5. The van der Waals surface area contributed by atoms with Crippen molar-refractivity contribution in [1.29, 1.82) is 5.26 Å². The highest BCUT2D eigenvalue weighted by Crippen LogP contribution is 2.13. The molecular formula is C12H13N3O. The molecule has 2 rings (SSSR count). The third-order valence-corrected chi connectivity index (χ3v) is 2.75. The zero-order valence-corrected chi connectivity index (χ0v) is 8.89. The summed E-state index contributed by atoms with van der Waals surface area (Å²) in [5.74, 6) is -0.0370. The van der Waals surface area contributed by atoms with Crippen LogP contribution < -0.4 is 5.73 Å². The van der Waals surface area contributed by atoms with Crippen molar-refractivity contribution in [3.8, 4) is 6.07 Å². The van der Waals surface area contributed by atoms with E-state index in [9.17, 15) is 4.79 Å². The molecule has 4 heteroatoms. The van der Waals surface area contributed by atoms with Gasteiger partial charge in [-0.25, -0.2) is 0 Å². The monoisotopic (exact) mass is 215 g/mol. The number of carbonyl (C=O) groups excluding carboxylic acids is 1. The Bertz CT molecular complexity index is 450. The Balaban J connectivity index is 2.18. The second kappa shape index (κ2) is 4.33.